The van der Waals surface area contributed by atoms with Crippen molar-refractivity contribution < 1.29 is 19.4 Å². The van der Waals surface area contributed by atoms with Gasteiger partial charge in [0.15, 0.2) is 0 Å². The van der Waals surface area contributed by atoms with Crippen molar-refractivity contribution >= 4 is 11.9 Å². The first-order valence-corrected chi connectivity index (χ1v) is 16.0. The van der Waals surface area contributed by atoms with E-state index in [9.17, 15) is 9.59 Å². The van der Waals surface area contributed by atoms with E-state index in [0.717, 1.165) is 51.4 Å². The van der Waals surface area contributed by atoms with E-state index in [1.54, 1.807) is 0 Å². The number of carbonyl (C=O) groups is 2. The number of carboxylic acid groups (broad SMARTS) is 1. The summed E-state index contributed by atoms with van der Waals surface area (Å²) in [6.45, 7) is 4.51. The highest BCUT2D eigenvalue weighted by Gasteiger charge is 2.14. The van der Waals surface area contributed by atoms with Gasteiger partial charge in [-0.25, -0.2) is 0 Å². The standard InChI is InChI=1S/C32H62O4/c1-3-5-7-9-10-11-12-13-17-21-25-29-32(35)36-30(26-22-18-8-6-4-2)27-23-19-15-14-16-20-24-28-31(33)34/h30H,3-29H2,1-2H3,(H,33,34). The zero-order valence-corrected chi connectivity index (χ0v) is 24.3. The van der Waals surface area contributed by atoms with Gasteiger partial charge in [-0.05, 0) is 38.5 Å². The number of hydrogen-bond donors (Lipinski definition) is 1. The summed E-state index contributed by atoms with van der Waals surface area (Å²) < 4.78 is 5.94. The summed E-state index contributed by atoms with van der Waals surface area (Å²) >= 11 is 0. The lowest BCUT2D eigenvalue weighted by molar-refractivity contribution is -0.150. The summed E-state index contributed by atoms with van der Waals surface area (Å²) in [5, 5.41) is 8.70. The number of rotatable bonds is 29. The zero-order chi connectivity index (χ0) is 26.5. The zero-order valence-electron chi connectivity index (χ0n) is 24.3. The van der Waals surface area contributed by atoms with Crippen molar-refractivity contribution in [1.82, 2.24) is 0 Å². The molecule has 0 spiro atoms. The smallest absolute Gasteiger partial charge is 0.306 e. The molecule has 0 aromatic rings. The van der Waals surface area contributed by atoms with E-state index in [1.807, 2.05) is 0 Å². The van der Waals surface area contributed by atoms with Crippen molar-refractivity contribution in [3.05, 3.63) is 0 Å². The van der Waals surface area contributed by atoms with Crippen molar-refractivity contribution in [2.24, 2.45) is 0 Å². The van der Waals surface area contributed by atoms with Crippen LogP contribution in [0.5, 0.6) is 0 Å². The maximum atomic E-state index is 12.5. The van der Waals surface area contributed by atoms with E-state index in [-0.39, 0.29) is 12.1 Å². The lowest BCUT2D eigenvalue weighted by Gasteiger charge is -2.18. The summed E-state index contributed by atoms with van der Waals surface area (Å²) in [7, 11) is 0. The van der Waals surface area contributed by atoms with Gasteiger partial charge in [-0.1, -0.05) is 136 Å². The SMILES string of the molecule is CCCCCCCCCCCCCC(=O)OC(CCCCCCC)CCCCCCCCCC(=O)O. The number of carboxylic acids is 1. The maximum absolute atomic E-state index is 12.5. The van der Waals surface area contributed by atoms with Gasteiger partial charge in [-0.15, -0.1) is 0 Å². The summed E-state index contributed by atoms with van der Waals surface area (Å²) in [5.41, 5.74) is 0. The third-order valence-corrected chi connectivity index (χ3v) is 7.33. The molecule has 0 saturated carbocycles. The van der Waals surface area contributed by atoms with Crippen LogP contribution in [0.2, 0.25) is 0 Å². The van der Waals surface area contributed by atoms with Crippen molar-refractivity contribution in [2.45, 2.75) is 193 Å². The van der Waals surface area contributed by atoms with Gasteiger partial charge in [0.1, 0.15) is 6.10 Å². The molecule has 214 valence electrons. The second-order valence-corrected chi connectivity index (χ2v) is 11.0. The molecule has 0 aliphatic heterocycles. The second kappa shape index (κ2) is 28.5. The first kappa shape index (κ1) is 34.9. The molecular formula is C32H62O4. The van der Waals surface area contributed by atoms with Gasteiger partial charge < -0.3 is 9.84 Å². The molecule has 0 bridgehead atoms. The molecule has 0 aromatic carbocycles. The van der Waals surface area contributed by atoms with Gasteiger partial charge in [0.05, 0.1) is 0 Å². The molecule has 0 amide bonds. The Balaban J connectivity index is 3.92. The van der Waals surface area contributed by atoms with Crippen molar-refractivity contribution in [1.29, 1.82) is 0 Å². The predicted octanol–water partition coefficient (Wildman–Crippen LogP) is 10.6. The van der Waals surface area contributed by atoms with E-state index >= 15 is 0 Å². The van der Waals surface area contributed by atoms with Gasteiger partial charge >= 0.3 is 11.9 Å². The average Bonchev–Trinajstić information content (AvgIpc) is 2.85. The Morgan fingerprint density at radius 1 is 0.500 bits per heavy atom. The molecule has 1 N–H and O–H groups in total. The predicted molar refractivity (Wildman–Crippen MR) is 154 cm³/mol. The molecule has 0 aliphatic carbocycles. The monoisotopic (exact) mass is 510 g/mol. The van der Waals surface area contributed by atoms with Crippen LogP contribution in [0.25, 0.3) is 0 Å². The summed E-state index contributed by atoms with van der Waals surface area (Å²) in [4.78, 5) is 23.0. The fourth-order valence-electron chi connectivity index (χ4n) is 4.95. The number of carbonyl (C=O) groups excluding carboxylic acids is 1. The van der Waals surface area contributed by atoms with E-state index in [4.69, 9.17) is 9.84 Å². The first-order valence-electron chi connectivity index (χ1n) is 16.0. The molecule has 4 heteroatoms. The molecule has 0 aliphatic rings. The molecule has 0 fully saturated rings. The topological polar surface area (TPSA) is 63.6 Å². The minimum absolute atomic E-state index is 0.0166. The Morgan fingerprint density at radius 2 is 0.833 bits per heavy atom. The molecule has 4 nitrogen and oxygen atoms in total. The fourth-order valence-corrected chi connectivity index (χ4v) is 4.95. The second-order valence-electron chi connectivity index (χ2n) is 11.0. The van der Waals surface area contributed by atoms with Gasteiger partial charge in [0, 0.05) is 12.8 Å². The van der Waals surface area contributed by atoms with Crippen LogP contribution in [0.1, 0.15) is 187 Å². The number of hydrogen-bond acceptors (Lipinski definition) is 3. The van der Waals surface area contributed by atoms with Gasteiger partial charge in [-0.3, -0.25) is 9.59 Å². The maximum Gasteiger partial charge on any atom is 0.306 e. The molecule has 0 saturated heterocycles. The van der Waals surface area contributed by atoms with Crippen LogP contribution < -0.4 is 0 Å². The van der Waals surface area contributed by atoms with Gasteiger partial charge in [0.2, 0.25) is 0 Å². The Labute approximate surface area is 224 Å². The van der Waals surface area contributed by atoms with Crippen LogP contribution in [-0.2, 0) is 14.3 Å². The first-order chi connectivity index (χ1) is 17.6. The van der Waals surface area contributed by atoms with Gasteiger partial charge in [-0.2, -0.15) is 0 Å². The summed E-state index contributed by atoms with van der Waals surface area (Å²) in [6, 6.07) is 0. The van der Waals surface area contributed by atoms with Crippen molar-refractivity contribution in [2.75, 3.05) is 0 Å². The van der Waals surface area contributed by atoms with Crippen LogP contribution in [-0.4, -0.2) is 23.1 Å². The average molecular weight is 511 g/mol. The Hall–Kier alpha value is -1.06. The number of esters is 1. The van der Waals surface area contributed by atoms with Crippen molar-refractivity contribution in [3.63, 3.8) is 0 Å². The fraction of sp³-hybridized carbons (Fsp3) is 0.938. The molecule has 36 heavy (non-hydrogen) atoms. The summed E-state index contributed by atoms with van der Waals surface area (Å²) in [6.07, 6.45) is 31.2. The number of ether oxygens (including phenoxy) is 1. The Bertz CT molecular complexity index is 477. The quantitative estimate of drug-likeness (QED) is 0.0802. The minimum Gasteiger partial charge on any atom is -0.481 e. The Morgan fingerprint density at radius 3 is 1.22 bits per heavy atom. The van der Waals surface area contributed by atoms with Crippen LogP contribution in [0, 0.1) is 0 Å². The Kier molecular flexibility index (Phi) is 27.7. The largest absolute Gasteiger partial charge is 0.481 e. The van der Waals surface area contributed by atoms with Crippen LogP contribution in [0.3, 0.4) is 0 Å². The third kappa shape index (κ3) is 27.5. The highest BCUT2D eigenvalue weighted by atomic mass is 16.5. The van der Waals surface area contributed by atoms with Crippen LogP contribution in [0.4, 0.5) is 0 Å². The number of unbranched alkanes of at least 4 members (excludes halogenated alkanes) is 20. The highest BCUT2D eigenvalue weighted by Crippen LogP contribution is 2.18. The lowest BCUT2D eigenvalue weighted by Crippen LogP contribution is -2.18. The normalized spacial score (nSPS) is 12.1. The minimum atomic E-state index is -0.686. The van der Waals surface area contributed by atoms with E-state index in [1.165, 1.54) is 109 Å². The number of aliphatic carboxylic acids is 1. The molecule has 0 rings (SSSR count). The third-order valence-electron chi connectivity index (χ3n) is 7.33. The van der Waals surface area contributed by atoms with Crippen molar-refractivity contribution in [3.8, 4) is 0 Å². The molecule has 0 heterocycles. The van der Waals surface area contributed by atoms with Crippen LogP contribution >= 0.6 is 0 Å². The molecule has 1 unspecified atom stereocenters. The molecule has 0 aromatic heterocycles. The van der Waals surface area contributed by atoms with E-state index in [0.29, 0.717) is 12.8 Å². The molecular weight excluding hydrogens is 448 g/mol. The molecule has 1 atom stereocenters. The lowest BCUT2D eigenvalue weighted by atomic mass is 10.0. The van der Waals surface area contributed by atoms with E-state index in [2.05, 4.69) is 13.8 Å². The summed E-state index contributed by atoms with van der Waals surface area (Å²) in [5.74, 6) is -0.670. The van der Waals surface area contributed by atoms with Gasteiger partial charge in [0.25, 0.3) is 0 Å². The highest BCUT2D eigenvalue weighted by molar-refractivity contribution is 5.69. The molecule has 0 radical (unpaired) electrons. The van der Waals surface area contributed by atoms with E-state index < -0.39 is 5.97 Å². The van der Waals surface area contributed by atoms with Crippen LogP contribution in [0.15, 0.2) is 0 Å².